The summed E-state index contributed by atoms with van der Waals surface area (Å²) >= 11 is 0. The van der Waals surface area contributed by atoms with Crippen LogP contribution in [-0.2, 0) is 5.41 Å². The van der Waals surface area contributed by atoms with Crippen molar-refractivity contribution in [3.8, 4) is 44.5 Å². The lowest BCUT2D eigenvalue weighted by Crippen LogP contribution is -2.14. The second kappa shape index (κ2) is 10.8. The van der Waals surface area contributed by atoms with Gasteiger partial charge in [-0.2, -0.15) is 0 Å². The molecule has 0 aliphatic heterocycles. The quantitative estimate of drug-likeness (QED) is 0.169. The standard InChI is InChI=1S/C50H36/c1-31-16-15-26-42-45(31)47(32-17-5-4-6-18-32)38-22-9-12-25-41(38)49(42)48-39-23-10-7-20-36(39)46(37-21-8-11-24-40(37)48)33-28-29-35-34-19-13-14-27-43(34)50(2,3)44(35)30-33/h4-30H,1-3H3. The van der Waals surface area contributed by atoms with Crippen molar-refractivity contribution in [3.63, 3.8) is 0 Å². The van der Waals surface area contributed by atoms with Crippen molar-refractivity contribution in [2.75, 3.05) is 0 Å². The Morgan fingerprint density at radius 1 is 0.340 bits per heavy atom. The third-order valence-corrected chi connectivity index (χ3v) is 11.4. The molecule has 0 fully saturated rings. The van der Waals surface area contributed by atoms with Crippen LogP contribution in [0.1, 0.15) is 30.5 Å². The van der Waals surface area contributed by atoms with Crippen LogP contribution in [-0.4, -0.2) is 0 Å². The number of hydrogen-bond acceptors (Lipinski definition) is 0. The molecule has 0 radical (unpaired) electrons. The summed E-state index contributed by atoms with van der Waals surface area (Å²) in [7, 11) is 0. The van der Waals surface area contributed by atoms with Gasteiger partial charge in [0, 0.05) is 5.41 Å². The van der Waals surface area contributed by atoms with Gasteiger partial charge in [0.2, 0.25) is 0 Å². The van der Waals surface area contributed by atoms with E-state index in [4.69, 9.17) is 0 Å². The average molecular weight is 637 g/mol. The van der Waals surface area contributed by atoms with Gasteiger partial charge in [-0.15, -0.1) is 0 Å². The van der Waals surface area contributed by atoms with Crippen molar-refractivity contribution in [1.82, 2.24) is 0 Å². The molecule has 9 aromatic rings. The number of benzene rings is 9. The van der Waals surface area contributed by atoms with Crippen molar-refractivity contribution in [1.29, 1.82) is 0 Å². The first-order valence-corrected chi connectivity index (χ1v) is 17.7. The van der Waals surface area contributed by atoms with Crippen LogP contribution in [0, 0.1) is 6.92 Å². The van der Waals surface area contributed by atoms with Gasteiger partial charge in [-0.3, -0.25) is 0 Å². The summed E-state index contributed by atoms with van der Waals surface area (Å²) in [5, 5.41) is 10.3. The van der Waals surface area contributed by atoms with Gasteiger partial charge in [0.25, 0.3) is 0 Å². The summed E-state index contributed by atoms with van der Waals surface area (Å²) in [5.41, 5.74) is 14.5. The first-order valence-electron chi connectivity index (χ1n) is 17.7. The van der Waals surface area contributed by atoms with Gasteiger partial charge in [-0.25, -0.2) is 0 Å². The molecule has 0 atom stereocenters. The topological polar surface area (TPSA) is 0 Å². The minimum Gasteiger partial charge on any atom is -0.0622 e. The van der Waals surface area contributed by atoms with Crippen LogP contribution in [0.5, 0.6) is 0 Å². The van der Waals surface area contributed by atoms with Gasteiger partial charge in [-0.1, -0.05) is 172 Å². The lowest BCUT2D eigenvalue weighted by molar-refractivity contribution is 0.660. The minimum absolute atomic E-state index is 0.0658. The maximum atomic E-state index is 2.48. The van der Waals surface area contributed by atoms with Crippen molar-refractivity contribution in [2.24, 2.45) is 0 Å². The molecule has 0 aromatic heterocycles. The normalized spacial score (nSPS) is 13.3. The Hall–Kier alpha value is -5.98. The summed E-state index contributed by atoms with van der Waals surface area (Å²) in [6.45, 7) is 7.01. The van der Waals surface area contributed by atoms with E-state index in [0.717, 1.165) is 0 Å². The third-order valence-electron chi connectivity index (χ3n) is 11.4. The highest BCUT2D eigenvalue weighted by atomic mass is 14.4. The van der Waals surface area contributed by atoms with Gasteiger partial charge < -0.3 is 0 Å². The van der Waals surface area contributed by atoms with Crippen molar-refractivity contribution >= 4 is 43.1 Å². The van der Waals surface area contributed by atoms with Crippen molar-refractivity contribution < 1.29 is 0 Å². The van der Waals surface area contributed by atoms with E-state index in [0.29, 0.717) is 0 Å². The number of fused-ring (bicyclic) bond motifs is 7. The molecule has 0 saturated heterocycles. The molecule has 0 nitrogen and oxygen atoms in total. The minimum atomic E-state index is -0.0658. The second-order valence-electron chi connectivity index (χ2n) is 14.4. The van der Waals surface area contributed by atoms with E-state index < -0.39 is 0 Å². The molecule has 0 unspecified atom stereocenters. The van der Waals surface area contributed by atoms with E-state index in [1.165, 1.54) is 104 Å². The van der Waals surface area contributed by atoms with Crippen molar-refractivity contribution in [2.45, 2.75) is 26.2 Å². The largest absolute Gasteiger partial charge is 0.0622 e. The van der Waals surface area contributed by atoms with Crippen LogP contribution in [0.15, 0.2) is 164 Å². The summed E-state index contributed by atoms with van der Waals surface area (Å²) in [6, 6.07) is 61.1. The molecule has 0 amide bonds. The highest BCUT2D eigenvalue weighted by molar-refractivity contribution is 6.30. The lowest BCUT2D eigenvalue weighted by Gasteiger charge is -2.24. The summed E-state index contributed by atoms with van der Waals surface area (Å²) in [6.07, 6.45) is 0. The van der Waals surface area contributed by atoms with Crippen LogP contribution in [0.4, 0.5) is 0 Å². The zero-order valence-electron chi connectivity index (χ0n) is 28.6. The Bertz CT molecular complexity index is 2780. The van der Waals surface area contributed by atoms with E-state index in [1.54, 1.807) is 0 Å². The zero-order valence-corrected chi connectivity index (χ0v) is 28.6. The summed E-state index contributed by atoms with van der Waals surface area (Å²) in [4.78, 5) is 0. The Labute approximate surface area is 293 Å². The molecular weight excluding hydrogens is 601 g/mol. The highest BCUT2D eigenvalue weighted by Crippen LogP contribution is 2.53. The van der Waals surface area contributed by atoms with Gasteiger partial charge in [0.05, 0.1) is 0 Å². The number of rotatable bonds is 3. The molecule has 10 rings (SSSR count). The fourth-order valence-corrected chi connectivity index (χ4v) is 9.15. The van der Waals surface area contributed by atoms with E-state index in [1.807, 2.05) is 0 Å². The average Bonchev–Trinajstić information content (AvgIpc) is 3.39. The van der Waals surface area contributed by atoms with Crippen LogP contribution < -0.4 is 0 Å². The van der Waals surface area contributed by atoms with E-state index in [9.17, 15) is 0 Å². The molecule has 236 valence electrons. The molecule has 1 aliphatic rings. The molecule has 0 N–H and O–H groups in total. The molecule has 50 heavy (non-hydrogen) atoms. The molecule has 0 spiro atoms. The molecule has 0 saturated carbocycles. The molecule has 1 aliphatic carbocycles. The van der Waals surface area contributed by atoms with E-state index in [-0.39, 0.29) is 5.41 Å². The van der Waals surface area contributed by atoms with E-state index in [2.05, 4.69) is 185 Å². The van der Waals surface area contributed by atoms with Crippen LogP contribution in [0.3, 0.4) is 0 Å². The molecule has 0 bridgehead atoms. The SMILES string of the molecule is Cc1cccc2c(-c3c4ccccc4c(-c4ccc5c(c4)C(C)(C)c4ccccc4-5)c4ccccc34)c3ccccc3c(-c3ccccc3)c12. The van der Waals surface area contributed by atoms with Crippen LogP contribution >= 0.6 is 0 Å². The first-order chi connectivity index (χ1) is 24.5. The Morgan fingerprint density at radius 3 is 1.46 bits per heavy atom. The lowest BCUT2D eigenvalue weighted by atomic mass is 9.79. The Morgan fingerprint density at radius 2 is 0.820 bits per heavy atom. The van der Waals surface area contributed by atoms with Gasteiger partial charge in [-0.05, 0) is 117 Å². The highest BCUT2D eigenvalue weighted by Gasteiger charge is 2.35. The van der Waals surface area contributed by atoms with Crippen molar-refractivity contribution in [3.05, 3.63) is 180 Å². The van der Waals surface area contributed by atoms with E-state index >= 15 is 0 Å². The molecule has 0 heterocycles. The van der Waals surface area contributed by atoms with Gasteiger partial charge in [0.15, 0.2) is 0 Å². The molecule has 0 heteroatoms. The summed E-state index contributed by atoms with van der Waals surface area (Å²) in [5.74, 6) is 0. The molecule has 9 aromatic carbocycles. The monoisotopic (exact) mass is 636 g/mol. The molecular formula is C50H36. The van der Waals surface area contributed by atoms with Gasteiger partial charge in [0.1, 0.15) is 0 Å². The zero-order chi connectivity index (χ0) is 33.6. The third kappa shape index (κ3) is 4.00. The maximum absolute atomic E-state index is 2.48. The fourth-order valence-electron chi connectivity index (χ4n) is 9.15. The number of hydrogen-bond donors (Lipinski definition) is 0. The summed E-state index contributed by atoms with van der Waals surface area (Å²) < 4.78 is 0. The fraction of sp³-hybridized carbons (Fsp3) is 0.0800. The van der Waals surface area contributed by atoms with Gasteiger partial charge >= 0.3 is 0 Å². The maximum Gasteiger partial charge on any atom is 0.0159 e. The predicted octanol–water partition coefficient (Wildman–Crippen LogP) is 13.9. The Kier molecular flexibility index (Phi) is 6.24. The number of aryl methyl sites for hydroxylation is 1. The first kappa shape index (κ1) is 29.0. The smallest absolute Gasteiger partial charge is 0.0159 e. The Balaban J connectivity index is 1.34. The second-order valence-corrected chi connectivity index (χ2v) is 14.4. The van der Waals surface area contributed by atoms with Crippen LogP contribution in [0.2, 0.25) is 0 Å². The predicted molar refractivity (Wildman–Crippen MR) is 215 cm³/mol. The van der Waals surface area contributed by atoms with Crippen LogP contribution in [0.25, 0.3) is 87.6 Å².